The molecule has 1 aliphatic rings. The van der Waals surface area contributed by atoms with Crippen molar-refractivity contribution < 1.29 is 4.74 Å². The lowest BCUT2D eigenvalue weighted by molar-refractivity contribution is 0.456. The van der Waals surface area contributed by atoms with E-state index in [2.05, 4.69) is 48.1 Å². The number of nitrogens with one attached hydrogen (secondary N) is 1. The summed E-state index contributed by atoms with van der Waals surface area (Å²) in [5.41, 5.74) is 4.71. The molecule has 0 bridgehead atoms. The van der Waals surface area contributed by atoms with Crippen LogP contribution in [0.2, 0.25) is 0 Å². The van der Waals surface area contributed by atoms with E-state index >= 15 is 0 Å². The van der Waals surface area contributed by atoms with E-state index in [4.69, 9.17) is 4.74 Å². The number of aryl methyl sites for hydroxylation is 2. The summed E-state index contributed by atoms with van der Waals surface area (Å²) in [7, 11) is 0. The van der Waals surface area contributed by atoms with E-state index in [0.29, 0.717) is 5.88 Å². The summed E-state index contributed by atoms with van der Waals surface area (Å²) in [5, 5.41) is 7.92. The summed E-state index contributed by atoms with van der Waals surface area (Å²) < 4.78 is 8.92. The first-order valence-corrected chi connectivity index (χ1v) is 9.16. The number of nitrogens with zero attached hydrogens (tertiary/aromatic N) is 3. The molecule has 5 nitrogen and oxygen atoms in total. The number of fused-ring (bicyclic) bond motifs is 1. The minimum Gasteiger partial charge on any atom is -0.438 e. The molecule has 128 valence electrons. The van der Waals surface area contributed by atoms with Gasteiger partial charge in [0.1, 0.15) is 5.75 Å². The molecule has 1 aromatic carbocycles. The summed E-state index contributed by atoms with van der Waals surface area (Å²) >= 11 is 3.47. The van der Waals surface area contributed by atoms with Crippen LogP contribution in [0, 0.1) is 6.92 Å². The summed E-state index contributed by atoms with van der Waals surface area (Å²) in [6.07, 6.45) is 6.00. The lowest BCUT2D eigenvalue weighted by Gasteiger charge is -2.12. The van der Waals surface area contributed by atoms with Crippen LogP contribution in [0.4, 0.5) is 5.69 Å². The van der Waals surface area contributed by atoms with Gasteiger partial charge < -0.3 is 10.1 Å². The number of benzene rings is 1. The second kappa shape index (κ2) is 6.88. The minimum absolute atomic E-state index is 0.567. The Kier molecular flexibility index (Phi) is 4.44. The van der Waals surface area contributed by atoms with Gasteiger partial charge in [-0.05, 0) is 59.5 Å². The van der Waals surface area contributed by atoms with Crippen molar-refractivity contribution in [2.75, 3.05) is 5.32 Å². The summed E-state index contributed by atoms with van der Waals surface area (Å²) in [5.74, 6) is 1.36. The molecule has 3 aromatic rings. The molecular formula is C19H19BrN4O. The van der Waals surface area contributed by atoms with Gasteiger partial charge in [0.25, 0.3) is 0 Å². The molecule has 0 atom stereocenters. The zero-order valence-electron chi connectivity index (χ0n) is 14.0. The average Bonchev–Trinajstić information content (AvgIpc) is 3.21. The van der Waals surface area contributed by atoms with E-state index in [9.17, 15) is 0 Å². The Morgan fingerprint density at radius 2 is 2.24 bits per heavy atom. The Morgan fingerprint density at radius 3 is 3.12 bits per heavy atom. The molecular weight excluding hydrogens is 380 g/mol. The van der Waals surface area contributed by atoms with Gasteiger partial charge in [-0.25, -0.2) is 4.98 Å². The van der Waals surface area contributed by atoms with E-state index in [1.807, 2.05) is 31.3 Å². The van der Waals surface area contributed by atoms with Gasteiger partial charge in [0.15, 0.2) is 0 Å². The first kappa shape index (κ1) is 16.1. The molecule has 0 fully saturated rings. The molecule has 2 aromatic heterocycles. The minimum atomic E-state index is 0.567. The van der Waals surface area contributed by atoms with Gasteiger partial charge in [-0.2, -0.15) is 5.10 Å². The lowest BCUT2D eigenvalue weighted by Crippen LogP contribution is -2.02. The van der Waals surface area contributed by atoms with Gasteiger partial charge in [-0.3, -0.25) is 4.68 Å². The highest BCUT2D eigenvalue weighted by Gasteiger charge is 2.16. The van der Waals surface area contributed by atoms with Gasteiger partial charge >= 0.3 is 0 Å². The van der Waals surface area contributed by atoms with Crippen molar-refractivity contribution >= 4 is 21.6 Å². The van der Waals surface area contributed by atoms with E-state index in [0.717, 1.165) is 41.0 Å². The summed E-state index contributed by atoms with van der Waals surface area (Å²) in [6, 6.07) is 9.92. The Bertz CT molecular complexity index is 906. The summed E-state index contributed by atoms with van der Waals surface area (Å²) in [6.45, 7) is 3.84. The maximum atomic E-state index is 5.98. The molecule has 0 radical (unpaired) electrons. The molecule has 3 heterocycles. The first-order chi connectivity index (χ1) is 12.2. The van der Waals surface area contributed by atoms with Crippen molar-refractivity contribution in [3.05, 3.63) is 64.0 Å². The molecule has 0 saturated carbocycles. The maximum Gasteiger partial charge on any atom is 0.233 e. The predicted molar refractivity (Wildman–Crippen MR) is 101 cm³/mol. The van der Waals surface area contributed by atoms with Gasteiger partial charge in [0.2, 0.25) is 5.88 Å². The van der Waals surface area contributed by atoms with Crippen molar-refractivity contribution in [3.8, 4) is 11.6 Å². The topological polar surface area (TPSA) is 52.0 Å². The van der Waals surface area contributed by atoms with Gasteiger partial charge in [-0.15, -0.1) is 0 Å². The van der Waals surface area contributed by atoms with Crippen molar-refractivity contribution in [1.82, 2.24) is 14.8 Å². The number of rotatable bonds is 5. The van der Waals surface area contributed by atoms with Crippen LogP contribution < -0.4 is 10.1 Å². The average molecular weight is 399 g/mol. The molecule has 1 N–H and O–H groups in total. The highest BCUT2D eigenvalue weighted by Crippen LogP contribution is 2.31. The highest BCUT2D eigenvalue weighted by atomic mass is 79.9. The van der Waals surface area contributed by atoms with Crippen LogP contribution in [-0.2, 0) is 19.5 Å². The third-order valence-electron chi connectivity index (χ3n) is 4.42. The fourth-order valence-corrected chi connectivity index (χ4v) is 3.38. The number of hydrogen-bond acceptors (Lipinski definition) is 4. The largest absolute Gasteiger partial charge is 0.438 e. The van der Waals surface area contributed by atoms with E-state index < -0.39 is 0 Å². The van der Waals surface area contributed by atoms with Crippen LogP contribution in [0.3, 0.4) is 0 Å². The van der Waals surface area contributed by atoms with Gasteiger partial charge in [-0.1, -0.05) is 6.07 Å². The Balaban J connectivity index is 1.50. The van der Waals surface area contributed by atoms with E-state index in [1.165, 1.54) is 17.7 Å². The molecule has 0 unspecified atom stereocenters. The molecule has 1 aliphatic heterocycles. The van der Waals surface area contributed by atoms with Crippen LogP contribution in [-0.4, -0.2) is 14.8 Å². The quantitative estimate of drug-likeness (QED) is 0.676. The van der Waals surface area contributed by atoms with Crippen LogP contribution >= 0.6 is 15.9 Å². The first-order valence-electron chi connectivity index (χ1n) is 8.37. The number of pyridine rings is 1. The van der Waals surface area contributed by atoms with Crippen LogP contribution in [0.1, 0.15) is 23.2 Å². The fraction of sp³-hybridized carbons (Fsp3) is 0.263. The Labute approximate surface area is 155 Å². The van der Waals surface area contributed by atoms with Crippen molar-refractivity contribution in [1.29, 1.82) is 0 Å². The van der Waals surface area contributed by atoms with E-state index in [1.54, 1.807) is 6.20 Å². The maximum absolute atomic E-state index is 5.98. The number of aromatic nitrogens is 3. The van der Waals surface area contributed by atoms with Gasteiger partial charge in [0, 0.05) is 42.3 Å². The number of anilines is 1. The molecule has 6 heteroatoms. The number of ether oxygens (including phenoxy) is 1. The molecule has 0 saturated heterocycles. The predicted octanol–water partition coefficient (Wildman–Crippen LogP) is 4.70. The van der Waals surface area contributed by atoms with Crippen LogP contribution in [0.25, 0.3) is 0 Å². The Morgan fingerprint density at radius 1 is 1.32 bits per heavy atom. The highest BCUT2D eigenvalue weighted by molar-refractivity contribution is 9.10. The molecule has 4 rings (SSSR count). The molecule has 0 amide bonds. The lowest BCUT2D eigenvalue weighted by atomic mass is 10.1. The normalized spacial score (nSPS) is 12.9. The van der Waals surface area contributed by atoms with Crippen LogP contribution in [0.15, 0.2) is 47.2 Å². The molecule has 0 spiro atoms. The zero-order valence-corrected chi connectivity index (χ0v) is 15.6. The third-order valence-corrected chi connectivity index (χ3v) is 5.02. The molecule has 0 aliphatic carbocycles. The second-order valence-electron chi connectivity index (χ2n) is 6.17. The standard InChI is InChI=1S/C19H19BrN4O/c1-13-6-7-15(10-18(13)25-19-16(20)4-2-8-21-19)22-11-14-12-23-24-9-3-5-17(14)24/h2,4,6-8,10,12,22H,3,5,9,11H2,1H3. The van der Waals surface area contributed by atoms with Crippen LogP contribution in [0.5, 0.6) is 11.6 Å². The monoisotopic (exact) mass is 398 g/mol. The van der Waals surface area contributed by atoms with Crippen molar-refractivity contribution in [2.24, 2.45) is 0 Å². The zero-order chi connectivity index (χ0) is 17.2. The van der Waals surface area contributed by atoms with Gasteiger partial charge in [0.05, 0.1) is 10.7 Å². The Hall–Kier alpha value is -2.34. The number of hydrogen-bond donors (Lipinski definition) is 1. The summed E-state index contributed by atoms with van der Waals surface area (Å²) in [4.78, 5) is 4.27. The fourth-order valence-electron chi connectivity index (χ4n) is 3.04. The van der Waals surface area contributed by atoms with Crippen molar-refractivity contribution in [3.63, 3.8) is 0 Å². The smallest absolute Gasteiger partial charge is 0.233 e. The third kappa shape index (κ3) is 3.39. The van der Waals surface area contributed by atoms with Crippen molar-refractivity contribution in [2.45, 2.75) is 32.9 Å². The number of halogens is 1. The second-order valence-corrected chi connectivity index (χ2v) is 7.02. The molecule has 25 heavy (non-hydrogen) atoms. The van der Waals surface area contributed by atoms with E-state index in [-0.39, 0.29) is 0 Å². The SMILES string of the molecule is Cc1ccc(NCc2cnn3c2CCC3)cc1Oc1ncccc1Br.